The number of sulfonamides is 1. The first-order chi connectivity index (χ1) is 18.6. The van der Waals surface area contributed by atoms with E-state index in [0.29, 0.717) is 27.4 Å². The van der Waals surface area contributed by atoms with Crippen molar-refractivity contribution in [2.75, 3.05) is 16.2 Å². The van der Waals surface area contributed by atoms with Crippen molar-refractivity contribution < 1.29 is 13.2 Å². The Labute approximate surface area is 236 Å². The molecule has 0 heterocycles. The predicted molar refractivity (Wildman–Crippen MR) is 157 cm³/mol. The number of anilines is 2. The van der Waals surface area contributed by atoms with Gasteiger partial charge in [0.1, 0.15) is 6.54 Å². The summed E-state index contributed by atoms with van der Waals surface area (Å²) in [6, 6.07) is 20.0. The van der Waals surface area contributed by atoms with E-state index in [9.17, 15) is 13.2 Å². The lowest BCUT2D eigenvalue weighted by Crippen LogP contribution is -2.48. The number of carbonyl (C=O) groups is 1. The number of nitrogens with zero attached hydrogens (tertiary/aromatic N) is 1. The molecule has 4 bridgehead atoms. The molecule has 3 aromatic carbocycles. The van der Waals surface area contributed by atoms with Gasteiger partial charge in [-0.25, -0.2) is 8.42 Å². The molecule has 7 rings (SSSR count). The predicted octanol–water partition coefficient (Wildman–Crippen LogP) is 7.26. The lowest BCUT2D eigenvalue weighted by Gasteiger charge is -2.57. The molecule has 3 aromatic rings. The summed E-state index contributed by atoms with van der Waals surface area (Å²) in [5, 5.41) is 3.37. The fourth-order valence-corrected chi connectivity index (χ4v) is 9.35. The fourth-order valence-electron chi connectivity index (χ4n) is 7.71. The highest BCUT2D eigenvalue weighted by Gasteiger charge is 2.51. The summed E-state index contributed by atoms with van der Waals surface area (Å²) in [5.74, 6) is 2.19. The van der Waals surface area contributed by atoms with Gasteiger partial charge in [0.15, 0.2) is 0 Å². The minimum absolute atomic E-state index is 0.125. The molecular weight excluding hydrogens is 528 g/mol. The number of halogens is 1. The van der Waals surface area contributed by atoms with E-state index in [4.69, 9.17) is 11.6 Å². The lowest BCUT2D eigenvalue weighted by atomic mass is 9.48. The highest BCUT2D eigenvalue weighted by Crippen LogP contribution is 2.60. The van der Waals surface area contributed by atoms with Crippen LogP contribution in [0.3, 0.4) is 0 Å². The van der Waals surface area contributed by atoms with Gasteiger partial charge in [0, 0.05) is 10.7 Å². The fraction of sp³-hybridized carbons (Fsp3) is 0.406. The number of hydrogen-bond donors (Lipinski definition) is 1. The van der Waals surface area contributed by atoms with Crippen LogP contribution in [0, 0.1) is 31.6 Å². The monoisotopic (exact) mass is 562 g/mol. The van der Waals surface area contributed by atoms with E-state index in [1.165, 1.54) is 44.1 Å². The molecular formula is C32H35ClN2O3S. The molecule has 0 unspecified atom stereocenters. The van der Waals surface area contributed by atoms with Gasteiger partial charge in [-0.05, 0) is 123 Å². The van der Waals surface area contributed by atoms with Crippen LogP contribution < -0.4 is 9.62 Å². The molecule has 39 heavy (non-hydrogen) atoms. The number of amides is 1. The molecule has 0 spiro atoms. The third kappa shape index (κ3) is 4.98. The summed E-state index contributed by atoms with van der Waals surface area (Å²) >= 11 is 6.35. The minimum atomic E-state index is -4.02. The molecule has 0 aliphatic heterocycles. The topological polar surface area (TPSA) is 66.5 Å². The van der Waals surface area contributed by atoms with Crippen LogP contribution in [0.5, 0.6) is 0 Å². The molecule has 4 aliphatic carbocycles. The maximum atomic E-state index is 13.7. The normalized spacial score (nSPS) is 25.5. The minimum Gasteiger partial charge on any atom is -0.325 e. The zero-order valence-electron chi connectivity index (χ0n) is 22.5. The van der Waals surface area contributed by atoms with Gasteiger partial charge in [0.25, 0.3) is 10.0 Å². The van der Waals surface area contributed by atoms with Gasteiger partial charge in [0.2, 0.25) is 5.91 Å². The molecule has 0 radical (unpaired) electrons. The SMILES string of the molecule is Cc1ccc(S(=O)(=O)N(CC(=O)Nc2ccc(C34CC5CC(CC(C5)C3)C4)cc2)c2cccc(Cl)c2C)cc1. The maximum Gasteiger partial charge on any atom is 0.264 e. The van der Waals surface area contributed by atoms with Crippen LogP contribution in [0.1, 0.15) is 55.2 Å². The van der Waals surface area contributed by atoms with E-state index >= 15 is 0 Å². The Morgan fingerprint density at radius 2 is 1.49 bits per heavy atom. The Balaban J connectivity index is 1.23. The van der Waals surface area contributed by atoms with Crippen molar-refractivity contribution >= 4 is 38.9 Å². The summed E-state index contributed by atoms with van der Waals surface area (Å²) < 4.78 is 28.6. The highest BCUT2D eigenvalue weighted by atomic mass is 35.5. The Bertz CT molecular complexity index is 1460. The third-order valence-corrected chi connectivity index (χ3v) is 11.4. The van der Waals surface area contributed by atoms with Crippen LogP contribution in [0.25, 0.3) is 0 Å². The molecule has 204 valence electrons. The molecule has 4 aliphatic rings. The van der Waals surface area contributed by atoms with E-state index in [0.717, 1.165) is 27.6 Å². The average molecular weight is 563 g/mol. The lowest BCUT2D eigenvalue weighted by molar-refractivity contribution is -0.114. The van der Waals surface area contributed by atoms with Gasteiger partial charge in [-0.3, -0.25) is 9.10 Å². The van der Waals surface area contributed by atoms with Crippen LogP contribution in [-0.4, -0.2) is 20.9 Å². The zero-order chi connectivity index (χ0) is 27.4. The summed E-state index contributed by atoms with van der Waals surface area (Å²) in [7, 11) is -4.02. The summed E-state index contributed by atoms with van der Waals surface area (Å²) in [6.07, 6.45) is 8.07. The van der Waals surface area contributed by atoms with Crippen LogP contribution in [0.2, 0.25) is 5.02 Å². The molecule has 0 atom stereocenters. The van der Waals surface area contributed by atoms with Crippen molar-refractivity contribution in [3.05, 3.63) is 88.4 Å². The third-order valence-electron chi connectivity index (χ3n) is 9.22. The van der Waals surface area contributed by atoms with Crippen LogP contribution >= 0.6 is 11.6 Å². The van der Waals surface area contributed by atoms with Crippen molar-refractivity contribution in [3.8, 4) is 0 Å². The van der Waals surface area contributed by atoms with Gasteiger partial charge in [0.05, 0.1) is 10.6 Å². The van der Waals surface area contributed by atoms with E-state index in [1.54, 1.807) is 49.4 Å². The van der Waals surface area contributed by atoms with Crippen LogP contribution in [0.15, 0.2) is 71.6 Å². The maximum absolute atomic E-state index is 13.7. The first kappa shape index (κ1) is 26.4. The van der Waals surface area contributed by atoms with Crippen LogP contribution in [-0.2, 0) is 20.2 Å². The quantitative estimate of drug-likeness (QED) is 0.329. The second-order valence-electron chi connectivity index (χ2n) is 12.0. The number of hydrogen-bond acceptors (Lipinski definition) is 3. The van der Waals surface area contributed by atoms with E-state index < -0.39 is 15.9 Å². The van der Waals surface area contributed by atoms with Gasteiger partial charge < -0.3 is 5.32 Å². The summed E-state index contributed by atoms with van der Waals surface area (Å²) in [4.78, 5) is 13.4. The van der Waals surface area contributed by atoms with Gasteiger partial charge in [-0.1, -0.05) is 47.5 Å². The van der Waals surface area contributed by atoms with Gasteiger partial charge in [-0.2, -0.15) is 0 Å². The second kappa shape index (κ2) is 9.97. The van der Waals surface area contributed by atoms with Crippen molar-refractivity contribution in [1.29, 1.82) is 0 Å². The number of benzene rings is 3. The molecule has 0 aromatic heterocycles. The molecule has 1 amide bonds. The van der Waals surface area contributed by atoms with E-state index in [1.807, 2.05) is 19.1 Å². The summed E-state index contributed by atoms with van der Waals surface area (Å²) in [5.41, 5.74) is 4.29. The second-order valence-corrected chi connectivity index (χ2v) is 14.3. The average Bonchev–Trinajstić information content (AvgIpc) is 2.89. The summed E-state index contributed by atoms with van der Waals surface area (Å²) in [6.45, 7) is 3.29. The molecule has 0 saturated heterocycles. The number of carbonyl (C=O) groups excluding carboxylic acids is 1. The largest absolute Gasteiger partial charge is 0.325 e. The van der Waals surface area contributed by atoms with Crippen molar-refractivity contribution in [3.63, 3.8) is 0 Å². The molecule has 7 heteroatoms. The Morgan fingerprint density at radius 1 is 0.897 bits per heavy atom. The van der Waals surface area contributed by atoms with Crippen molar-refractivity contribution in [2.45, 2.75) is 62.7 Å². The first-order valence-corrected chi connectivity index (χ1v) is 15.7. The van der Waals surface area contributed by atoms with Gasteiger partial charge >= 0.3 is 0 Å². The van der Waals surface area contributed by atoms with Crippen molar-refractivity contribution in [2.24, 2.45) is 17.8 Å². The van der Waals surface area contributed by atoms with Gasteiger partial charge in [-0.15, -0.1) is 0 Å². The number of aryl methyl sites for hydroxylation is 1. The van der Waals surface area contributed by atoms with E-state index in [2.05, 4.69) is 17.4 Å². The first-order valence-electron chi connectivity index (χ1n) is 13.9. The zero-order valence-corrected chi connectivity index (χ0v) is 24.1. The molecule has 5 nitrogen and oxygen atoms in total. The van der Waals surface area contributed by atoms with Crippen LogP contribution in [0.4, 0.5) is 11.4 Å². The molecule has 4 fully saturated rings. The Kier molecular flexibility index (Phi) is 6.75. The van der Waals surface area contributed by atoms with Crippen molar-refractivity contribution in [1.82, 2.24) is 0 Å². The Morgan fingerprint density at radius 3 is 2.08 bits per heavy atom. The smallest absolute Gasteiger partial charge is 0.264 e. The molecule has 1 N–H and O–H groups in total. The Hall–Kier alpha value is -2.83. The standard InChI is InChI=1S/C32H35ClN2O3S/c1-21-6-12-28(13-7-21)39(37,38)35(30-5-3-4-29(33)22(30)2)20-31(36)34-27-10-8-26(9-11-27)32-17-23-14-24(18-32)16-25(15-23)19-32/h3-13,23-25H,14-20H2,1-2H3,(H,34,36). The molecule has 4 saturated carbocycles. The highest BCUT2D eigenvalue weighted by molar-refractivity contribution is 7.92. The van der Waals surface area contributed by atoms with E-state index in [-0.39, 0.29) is 11.4 Å². The number of rotatable bonds is 7. The number of nitrogens with one attached hydrogen (secondary N) is 1.